The Kier molecular flexibility index (Phi) is 7.07. The van der Waals surface area contributed by atoms with Crippen molar-refractivity contribution < 1.29 is 4.79 Å². The first-order chi connectivity index (χ1) is 18.9. The first-order valence-corrected chi connectivity index (χ1v) is 14.1. The predicted molar refractivity (Wildman–Crippen MR) is 157 cm³/mol. The zero-order valence-corrected chi connectivity index (χ0v) is 23.2. The Morgan fingerprint density at radius 3 is 2.49 bits per heavy atom. The fourth-order valence-electron chi connectivity index (χ4n) is 4.94. The summed E-state index contributed by atoms with van der Waals surface area (Å²) in [5, 5.41) is 6.14. The number of hydrogen-bond donors (Lipinski definition) is 2. The Hall–Kier alpha value is -3.73. The minimum Gasteiger partial charge on any atom is -0.368 e. The summed E-state index contributed by atoms with van der Waals surface area (Å²) >= 11 is 7.40. The van der Waals surface area contributed by atoms with Gasteiger partial charge in [0.05, 0.1) is 11.4 Å². The summed E-state index contributed by atoms with van der Waals surface area (Å²) in [5.41, 5.74) is 12.0. The number of benzene rings is 2. The standard InChI is InChI=1S/C28H29ClN8OS/c1-35-10-12-36(13-11-35)25-15-23(31-26(30)33-25)20-3-2-18-8-9-37(16-21(18)14-20)28(38)34-27-32-24(17-39-27)19-4-6-22(29)7-5-19/h2-7,14-15,17H,8-13,16H2,1H3,(H2,30,31,33)(H,32,34,38). The van der Waals surface area contributed by atoms with Crippen molar-refractivity contribution in [3.63, 3.8) is 0 Å². The summed E-state index contributed by atoms with van der Waals surface area (Å²) in [5.74, 6) is 1.12. The Morgan fingerprint density at radius 2 is 1.69 bits per heavy atom. The van der Waals surface area contributed by atoms with Crippen LogP contribution >= 0.6 is 22.9 Å². The zero-order valence-electron chi connectivity index (χ0n) is 21.6. The van der Waals surface area contributed by atoms with Crippen molar-refractivity contribution in [3.05, 3.63) is 70.1 Å². The summed E-state index contributed by atoms with van der Waals surface area (Å²) in [4.78, 5) is 33.1. The van der Waals surface area contributed by atoms with Gasteiger partial charge >= 0.3 is 6.03 Å². The quantitative estimate of drug-likeness (QED) is 0.368. The van der Waals surface area contributed by atoms with Crippen LogP contribution < -0.4 is 16.0 Å². The number of nitrogen functional groups attached to an aromatic ring is 1. The summed E-state index contributed by atoms with van der Waals surface area (Å²) in [6.07, 6.45) is 0.787. The van der Waals surface area contributed by atoms with E-state index in [1.54, 1.807) is 0 Å². The molecule has 0 unspecified atom stereocenters. The average molecular weight is 561 g/mol. The Balaban J connectivity index is 1.16. The molecule has 2 aliphatic rings. The number of nitrogens with two attached hydrogens (primary N) is 1. The van der Waals surface area contributed by atoms with E-state index >= 15 is 0 Å². The smallest absolute Gasteiger partial charge is 0.323 e. The lowest BCUT2D eigenvalue weighted by atomic mass is 9.96. The minimum atomic E-state index is -0.160. The monoisotopic (exact) mass is 560 g/mol. The van der Waals surface area contributed by atoms with Crippen LogP contribution in [0.15, 0.2) is 53.9 Å². The summed E-state index contributed by atoms with van der Waals surface area (Å²) in [6, 6.07) is 15.7. The number of carbonyl (C=O) groups is 1. The fraction of sp³-hybridized carbons (Fsp3) is 0.286. The molecule has 9 nitrogen and oxygen atoms in total. The van der Waals surface area contributed by atoms with Gasteiger partial charge in [0.1, 0.15) is 5.82 Å². The van der Waals surface area contributed by atoms with Gasteiger partial charge in [-0.2, -0.15) is 4.98 Å². The van der Waals surface area contributed by atoms with Gasteiger partial charge in [0.25, 0.3) is 0 Å². The molecule has 4 heterocycles. The maximum absolute atomic E-state index is 13.1. The van der Waals surface area contributed by atoms with E-state index in [2.05, 4.69) is 55.3 Å². The number of rotatable bonds is 4. The van der Waals surface area contributed by atoms with Gasteiger partial charge in [-0.25, -0.2) is 14.8 Å². The number of urea groups is 1. The van der Waals surface area contributed by atoms with Gasteiger partial charge in [0.2, 0.25) is 5.95 Å². The van der Waals surface area contributed by atoms with Crippen LogP contribution in [0, 0.1) is 0 Å². The molecule has 4 aromatic rings. The molecule has 1 fully saturated rings. The van der Waals surface area contributed by atoms with Crippen molar-refractivity contribution in [3.8, 4) is 22.5 Å². The Morgan fingerprint density at radius 1 is 0.923 bits per heavy atom. The van der Waals surface area contributed by atoms with Crippen molar-refractivity contribution in [1.82, 2.24) is 24.8 Å². The average Bonchev–Trinajstić information content (AvgIpc) is 3.41. The van der Waals surface area contributed by atoms with E-state index in [0.29, 0.717) is 23.2 Å². The number of amides is 2. The molecule has 2 aromatic heterocycles. The van der Waals surface area contributed by atoms with Crippen LogP contribution in [-0.4, -0.2) is 70.6 Å². The molecule has 0 aliphatic carbocycles. The predicted octanol–water partition coefficient (Wildman–Crippen LogP) is 4.84. The molecule has 0 saturated carbocycles. The molecule has 0 bridgehead atoms. The Labute approximate surface area is 236 Å². The number of anilines is 3. The molecular weight excluding hydrogens is 532 g/mol. The summed E-state index contributed by atoms with van der Waals surface area (Å²) < 4.78 is 0. The molecular formula is C28H29ClN8OS. The van der Waals surface area contributed by atoms with E-state index in [9.17, 15) is 4.79 Å². The first-order valence-electron chi connectivity index (χ1n) is 12.9. The van der Waals surface area contributed by atoms with Gasteiger partial charge in [-0.05, 0) is 42.8 Å². The molecule has 39 heavy (non-hydrogen) atoms. The molecule has 0 spiro atoms. The van der Waals surface area contributed by atoms with Gasteiger partial charge < -0.3 is 20.4 Å². The lowest BCUT2D eigenvalue weighted by molar-refractivity contribution is 0.206. The Bertz CT molecular complexity index is 1500. The van der Waals surface area contributed by atoms with Crippen molar-refractivity contribution in [2.75, 3.05) is 55.7 Å². The number of hydrogen-bond acceptors (Lipinski definition) is 8. The van der Waals surface area contributed by atoms with E-state index in [-0.39, 0.29) is 12.0 Å². The molecule has 2 aromatic carbocycles. The van der Waals surface area contributed by atoms with E-state index in [1.165, 1.54) is 16.9 Å². The number of nitrogens with zero attached hydrogens (tertiary/aromatic N) is 6. The molecule has 200 valence electrons. The van der Waals surface area contributed by atoms with Gasteiger partial charge in [0, 0.05) is 66.9 Å². The molecule has 3 N–H and O–H groups in total. The highest BCUT2D eigenvalue weighted by atomic mass is 35.5. The van der Waals surface area contributed by atoms with Crippen LogP contribution in [0.1, 0.15) is 11.1 Å². The summed E-state index contributed by atoms with van der Waals surface area (Å²) in [7, 11) is 2.13. The van der Waals surface area contributed by atoms with Crippen molar-refractivity contribution in [2.45, 2.75) is 13.0 Å². The minimum absolute atomic E-state index is 0.160. The van der Waals surface area contributed by atoms with Crippen LogP contribution in [0.4, 0.5) is 21.7 Å². The second-order valence-corrected chi connectivity index (χ2v) is 11.2. The number of nitrogens with one attached hydrogen (secondary N) is 1. The van der Waals surface area contributed by atoms with E-state index in [4.69, 9.17) is 17.3 Å². The SMILES string of the molecule is CN1CCN(c2cc(-c3ccc4c(c3)CN(C(=O)Nc3nc(-c5ccc(Cl)cc5)cs3)CC4)nc(N)n2)CC1. The van der Waals surface area contributed by atoms with Crippen LogP contribution in [0.3, 0.4) is 0 Å². The second-order valence-electron chi connectivity index (χ2n) is 9.89. The largest absolute Gasteiger partial charge is 0.368 e. The highest BCUT2D eigenvalue weighted by Crippen LogP contribution is 2.30. The number of fused-ring (bicyclic) bond motifs is 1. The van der Waals surface area contributed by atoms with Crippen molar-refractivity contribution in [1.29, 1.82) is 0 Å². The highest BCUT2D eigenvalue weighted by molar-refractivity contribution is 7.14. The highest BCUT2D eigenvalue weighted by Gasteiger charge is 2.23. The van der Waals surface area contributed by atoms with Gasteiger partial charge in [-0.3, -0.25) is 5.32 Å². The maximum Gasteiger partial charge on any atom is 0.323 e. The molecule has 0 radical (unpaired) electrons. The number of likely N-dealkylation sites (N-methyl/N-ethyl adjacent to an activating group) is 1. The zero-order chi connectivity index (χ0) is 26.9. The molecule has 11 heteroatoms. The van der Waals surface area contributed by atoms with E-state index < -0.39 is 0 Å². The fourth-order valence-corrected chi connectivity index (χ4v) is 5.78. The normalized spacial score (nSPS) is 15.7. The third-order valence-corrected chi connectivity index (χ3v) is 8.23. The topological polar surface area (TPSA) is 104 Å². The number of carbonyl (C=O) groups excluding carboxylic acids is 1. The number of piperazine rings is 1. The third-order valence-electron chi connectivity index (χ3n) is 7.22. The second kappa shape index (κ2) is 10.8. The van der Waals surface area contributed by atoms with Crippen molar-refractivity contribution >= 4 is 45.9 Å². The number of halogens is 1. The van der Waals surface area contributed by atoms with Crippen LogP contribution in [0.25, 0.3) is 22.5 Å². The molecule has 2 amide bonds. The van der Waals surface area contributed by atoms with E-state index in [0.717, 1.165) is 66.5 Å². The van der Waals surface area contributed by atoms with Crippen molar-refractivity contribution in [2.24, 2.45) is 0 Å². The summed E-state index contributed by atoms with van der Waals surface area (Å²) in [6.45, 7) is 4.93. The maximum atomic E-state index is 13.1. The van der Waals surface area contributed by atoms with E-state index in [1.807, 2.05) is 40.6 Å². The lowest BCUT2D eigenvalue weighted by Crippen LogP contribution is -2.44. The molecule has 0 atom stereocenters. The molecule has 2 aliphatic heterocycles. The molecule has 1 saturated heterocycles. The lowest BCUT2D eigenvalue weighted by Gasteiger charge is -2.33. The number of thiazole rings is 1. The van der Waals surface area contributed by atoms with Gasteiger partial charge in [-0.15, -0.1) is 11.3 Å². The third kappa shape index (κ3) is 5.68. The van der Waals surface area contributed by atoms with Crippen LogP contribution in [0.2, 0.25) is 5.02 Å². The first kappa shape index (κ1) is 25.5. The van der Waals surface area contributed by atoms with Gasteiger partial charge in [-0.1, -0.05) is 35.9 Å². The number of aromatic nitrogens is 3. The van der Waals surface area contributed by atoms with Crippen LogP contribution in [-0.2, 0) is 13.0 Å². The molecule has 6 rings (SSSR count). The van der Waals surface area contributed by atoms with Crippen LogP contribution in [0.5, 0.6) is 0 Å². The van der Waals surface area contributed by atoms with Gasteiger partial charge in [0.15, 0.2) is 5.13 Å².